The van der Waals surface area contributed by atoms with Crippen LogP contribution in [0.2, 0.25) is 0 Å². The quantitative estimate of drug-likeness (QED) is 0.138. The Kier molecular flexibility index (Phi) is 125. The second kappa shape index (κ2) is 109. The predicted octanol–water partition coefficient (Wildman–Crippen LogP) is 23.8. The van der Waals surface area contributed by atoms with Crippen molar-refractivity contribution < 1.29 is 4.42 Å². The molecular formula is C82H137N15O. The minimum atomic E-state index is 0.822. The fraction of sp³-hybridized carbons (Fsp3) is 0.402. The Morgan fingerprint density at radius 3 is 0.888 bits per heavy atom. The van der Waals surface area contributed by atoms with E-state index in [0.717, 1.165) is 45.5 Å². The van der Waals surface area contributed by atoms with E-state index in [1.807, 2.05) is 325 Å². The number of hydrogen-bond donors (Lipinski definition) is 0. The molecule has 0 atom stereocenters. The van der Waals surface area contributed by atoms with Crippen molar-refractivity contribution in [3.63, 3.8) is 0 Å². The first kappa shape index (κ1) is 113. The lowest BCUT2D eigenvalue weighted by Crippen LogP contribution is -1.80. The molecular weight excluding hydrogens is 1210 g/mol. The summed E-state index contributed by atoms with van der Waals surface area (Å²) in [6, 6.07) is 37.1. The SMILES string of the molecule is CC.CC.CC.CC.CC.CC.CC.CC.CC.CC.CC.Cc1ccccc1.Cc1ccccn1.Cc1cccnc1.Cc1cccnn1.Cc1ccco1.Cc1ccncc1.Cc1ccncn1.Cc1ccnnc1.Cc1cnccn1.Cc1cncnc1.Cc1ncccn1. The highest BCUT2D eigenvalue weighted by atomic mass is 16.3. The zero-order chi connectivity index (χ0) is 77.5. The molecule has 0 bridgehead atoms. The number of rotatable bonds is 0. The molecule has 0 saturated carbocycles. The van der Waals surface area contributed by atoms with Crippen LogP contribution in [0.4, 0.5) is 0 Å². The average Bonchev–Trinajstić information content (AvgIpc) is 4.28. The third-order valence-corrected chi connectivity index (χ3v) is 8.32. The topological polar surface area (TPSA) is 206 Å². The van der Waals surface area contributed by atoms with Crippen molar-refractivity contribution in [1.82, 2.24) is 75.2 Å². The van der Waals surface area contributed by atoms with Crippen LogP contribution in [0.25, 0.3) is 0 Å². The van der Waals surface area contributed by atoms with Crippen molar-refractivity contribution in [2.45, 2.75) is 228 Å². The van der Waals surface area contributed by atoms with Gasteiger partial charge in [0, 0.05) is 104 Å². The molecule has 0 saturated heterocycles. The third kappa shape index (κ3) is 105. The largest absolute Gasteiger partial charge is 0.470 e. The minimum Gasteiger partial charge on any atom is -0.470 e. The molecule has 98 heavy (non-hydrogen) atoms. The Labute approximate surface area is 600 Å². The van der Waals surface area contributed by atoms with E-state index >= 15 is 0 Å². The predicted molar refractivity (Wildman–Crippen MR) is 427 cm³/mol. The minimum absolute atomic E-state index is 0.822. The van der Waals surface area contributed by atoms with Gasteiger partial charge in [-0.15, -0.1) is 0 Å². The maximum atomic E-state index is 4.83. The number of nitrogens with zero attached hydrogens (tertiary/aromatic N) is 15. The number of pyridine rings is 3. The fourth-order valence-corrected chi connectivity index (χ4v) is 4.43. The van der Waals surface area contributed by atoms with Crippen molar-refractivity contribution >= 4 is 0 Å². The van der Waals surface area contributed by atoms with Crippen molar-refractivity contribution in [3.8, 4) is 0 Å². The van der Waals surface area contributed by atoms with E-state index in [-0.39, 0.29) is 0 Å². The summed E-state index contributed by atoms with van der Waals surface area (Å²) in [4.78, 5) is 42.3. The molecule has 16 heteroatoms. The summed E-state index contributed by atoms with van der Waals surface area (Å²) in [7, 11) is 0. The standard InChI is InChI=1S/C7H8.3C6H7N.6C5H6N2.C5H6O.11C2H6/c1-7-5-3-2-4-6-7;1-6-2-4-7-5-3-6;1-6-3-2-4-7-5-6;1-6-4-2-3-5-7-6;1-5-2-6-4-7-3-5;1-5-4-6-2-3-7-5;1-5-2-3-6-4-7-5;1-5-2-3-6-7-4-5;1-5-6-3-2-4-7-5;1-5-3-2-4-6-7-5;1-5-3-2-4-6-5;11*1-2/h2-6H,1H3;3*2-5H,1H3;6*2-4H,1H3;2-4H,1H3;11*1-2H3. The smallest absolute Gasteiger partial charge is 0.125 e. The molecule has 0 aliphatic carbocycles. The molecule has 546 valence electrons. The van der Waals surface area contributed by atoms with Gasteiger partial charge in [-0.1, -0.05) is 200 Å². The van der Waals surface area contributed by atoms with Gasteiger partial charge in [-0.2, -0.15) is 20.4 Å². The van der Waals surface area contributed by atoms with E-state index in [4.69, 9.17) is 4.42 Å². The first-order valence-corrected chi connectivity index (χ1v) is 34.8. The van der Waals surface area contributed by atoms with Gasteiger partial charge in [0.15, 0.2) is 0 Å². The number of benzene rings is 1. The van der Waals surface area contributed by atoms with Gasteiger partial charge in [-0.25, -0.2) is 29.9 Å². The Morgan fingerprint density at radius 2 is 0.673 bits per heavy atom. The molecule has 0 spiro atoms. The molecule has 0 unspecified atom stereocenters. The molecule has 10 heterocycles. The molecule has 11 aromatic rings. The summed E-state index contributed by atoms with van der Waals surface area (Å²) in [5.41, 5.74) is 10.0. The molecule has 0 amide bonds. The van der Waals surface area contributed by atoms with Crippen LogP contribution in [0.15, 0.2) is 238 Å². The molecule has 1 aromatic carbocycles. The van der Waals surface area contributed by atoms with E-state index in [2.05, 4.69) is 94.3 Å². The Balaban J connectivity index is -0.0000000917. The van der Waals surface area contributed by atoms with E-state index in [1.54, 1.807) is 105 Å². The highest BCUT2D eigenvalue weighted by Crippen LogP contribution is 1.95. The lowest BCUT2D eigenvalue weighted by molar-refractivity contribution is 0.534. The van der Waals surface area contributed by atoms with E-state index < -0.39 is 0 Å². The van der Waals surface area contributed by atoms with Crippen molar-refractivity contribution in [1.29, 1.82) is 0 Å². The highest BCUT2D eigenvalue weighted by molar-refractivity contribution is 5.12. The van der Waals surface area contributed by atoms with Crippen LogP contribution in [-0.2, 0) is 0 Å². The summed E-state index contributed by atoms with van der Waals surface area (Å²) >= 11 is 0. The Bertz CT molecular complexity index is 2260. The summed E-state index contributed by atoms with van der Waals surface area (Å²) < 4.78 is 4.83. The molecule has 0 radical (unpaired) electrons. The normalized spacial score (nSPS) is 7.44. The van der Waals surface area contributed by atoms with Crippen LogP contribution >= 0.6 is 0 Å². The lowest BCUT2D eigenvalue weighted by Gasteiger charge is -1.82. The molecule has 11 rings (SSSR count). The Hall–Kier alpha value is -9.57. The first-order valence-electron chi connectivity index (χ1n) is 34.8. The van der Waals surface area contributed by atoms with E-state index in [9.17, 15) is 0 Å². The third-order valence-electron chi connectivity index (χ3n) is 8.32. The van der Waals surface area contributed by atoms with Crippen LogP contribution in [0.3, 0.4) is 0 Å². The highest BCUT2D eigenvalue weighted by Gasteiger charge is 1.80. The number of aryl methyl sites for hydroxylation is 11. The maximum Gasteiger partial charge on any atom is 0.125 e. The Morgan fingerprint density at radius 1 is 0.224 bits per heavy atom. The molecule has 10 aromatic heterocycles. The van der Waals surface area contributed by atoms with E-state index in [0.29, 0.717) is 0 Å². The first-order chi connectivity index (χ1) is 47.8. The maximum absolute atomic E-state index is 4.83. The van der Waals surface area contributed by atoms with Gasteiger partial charge in [-0.05, 0) is 171 Å². The summed E-state index contributed by atoms with van der Waals surface area (Å²) in [5, 5.41) is 14.6. The number of hydrogen-bond acceptors (Lipinski definition) is 16. The van der Waals surface area contributed by atoms with Gasteiger partial charge in [0.1, 0.15) is 24.2 Å². The van der Waals surface area contributed by atoms with Crippen LogP contribution in [0.1, 0.15) is 214 Å². The zero-order valence-corrected chi connectivity index (χ0v) is 67.6. The number of furan rings is 1. The van der Waals surface area contributed by atoms with Crippen molar-refractivity contribution in [2.75, 3.05) is 0 Å². The van der Waals surface area contributed by atoms with Gasteiger partial charge in [0.05, 0.1) is 23.8 Å². The van der Waals surface area contributed by atoms with Gasteiger partial charge in [-0.3, -0.25) is 24.9 Å². The summed E-state index contributed by atoms with van der Waals surface area (Å²) in [6.07, 6.45) is 32.5. The molecule has 16 nitrogen and oxygen atoms in total. The van der Waals surface area contributed by atoms with Gasteiger partial charge >= 0.3 is 0 Å². The van der Waals surface area contributed by atoms with Crippen LogP contribution < -0.4 is 0 Å². The van der Waals surface area contributed by atoms with Gasteiger partial charge < -0.3 is 4.42 Å². The van der Waals surface area contributed by atoms with Crippen LogP contribution in [0, 0.1) is 76.2 Å². The second-order valence-corrected chi connectivity index (χ2v) is 15.6. The summed E-state index contributed by atoms with van der Waals surface area (Å²) in [6.45, 7) is 65.6. The van der Waals surface area contributed by atoms with Crippen molar-refractivity contribution in [2.24, 2.45) is 0 Å². The second-order valence-electron chi connectivity index (χ2n) is 15.6. The van der Waals surface area contributed by atoms with Crippen LogP contribution in [0.5, 0.6) is 0 Å². The van der Waals surface area contributed by atoms with Crippen LogP contribution in [-0.4, -0.2) is 75.2 Å². The molecule has 0 aliphatic rings. The molecule has 0 N–H and O–H groups in total. The van der Waals surface area contributed by atoms with Gasteiger partial charge in [0.2, 0.25) is 0 Å². The van der Waals surface area contributed by atoms with E-state index in [1.165, 1.54) is 29.3 Å². The van der Waals surface area contributed by atoms with Gasteiger partial charge in [0.25, 0.3) is 0 Å². The van der Waals surface area contributed by atoms with Crippen molar-refractivity contribution in [3.05, 3.63) is 296 Å². The monoisotopic (exact) mass is 1350 g/mol. The average molecular weight is 1350 g/mol. The molecule has 0 aliphatic heterocycles. The zero-order valence-electron chi connectivity index (χ0n) is 67.6. The molecule has 0 fully saturated rings. The lowest BCUT2D eigenvalue weighted by atomic mass is 10.2. The summed E-state index contributed by atoms with van der Waals surface area (Å²) in [5.74, 6) is 1.79. The fourth-order valence-electron chi connectivity index (χ4n) is 4.43. The number of aromatic nitrogens is 15.